The summed E-state index contributed by atoms with van der Waals surface area (Å²) >= 11 is 0. The van der Waals surface area contributed by atoms with E-state index in [0.717, 1.165) is 74.4 Å². The summed E-state index contributed by atoms with van der Waals surface area (Å²) in [6, 6.07) is 13.2. The van der Waals surface area contributed by atoms with Gasteiger partial charge >= 0.3 is 0 Å². The highest BCUT2D eigenvalue weighted by Crippen LogP contribution is 2.32. The molecule has 20 heteroatoms. The van der Waals surface area contributed by atoms with Crippen LogP contribution in [0.5, 0.6) is 0 Å². The molecular weight excluding hydrogens is 923 g/mol. The number of pyridine rings is 3. The molecule has 20 nitrogen and oxygen atoms in total. The first-order valence-electron chi connectivity index (χ1n) is 24.9. The van der Waals surface area contributed by atoms with E-state index in [0.29, 0.717) is 125 Å². The van der Waals surface area contributed by atoms with Gasteiger partial charge in [0, 0.05) is 74.3 Å². The molecule has 72 heavy (non-hydrogen) atoms. The minimum atomic E-state index is -0.284. The third-order valence-electron chi connectivity index (χ3n) is 12.6. The molecule has 1 saturated carbocycles. The Hall–Kier alpha value is -6.42. The van der Waals surface area contributed by atoms with E-state index in [1.807, 2.05) is 50.4 Å². The van der Waals surface area contributed by atoms with Crippen LogP contribution in [0.15, 0.2) is 65.8 Å². The Morgan fingerprint density at radius 3 is 1.96 bits per heavy atom. The lowest BCUT2D eigenvalue weighted by molar-refractivity contribution is -0.122. The zero-order valence-electron chi connectivity index (χ0n) is 42.0. The van der Waals surface area contributed by atoms with E-state index in [-0.39, 0.29) is 34.8 Å². The van der Waals surface area contributed by atoms with Crippen LogP contribution in [0.4, 0.5) is 29.0 Å². The number of nitrogens with one attached hydrogen (secondary N) is 4. The van der Waals surface area contributed by atoms with Gasteiger partial charge < -0.3 is 49.9 Å². The largest absolute Gasteiger partial charge is 0.383 e. The first-order valence-corrected chi connectivity index (χ1v) is 24.9. The number of fused-ring (bicyclic) bond motifs is 1. The third kappa shape index (κ3) is 15.5. The number of anilines is 5. The van der Waals surface area contributed by atoms with Crippen LogP contribution < -0.4 is 31.7 Å². The highest BCUT2D eigenvalue weighted by Gasteiger charge is 2.26. The van der Waals surface area contributed by atoms with Gasteiger partial charge in [0.25, 0.3) is 11.5 Å². The number of carbonyl (C=O) groups is 3. The molecule has 1 aliphatic carbocycles. The zero-order valence-corrected chi connectivity index (χ0v) is 42.0. The molecule has 0 spiro atoms. The van der Waals surface area contributed by atoms with Gasteiger partial charge in [0.05, 0.1) is 90.1 Å². The predicted octanol–water partition coefficient (Wildman–Crippen LogP) is 5.25. The molecular formula is C52H69N11O9. The number of nitrogens with zero attached hydrogens (tertiary/aromatic N) is 7. The molecule has 0 bridgehead atoms. The topological polar surface area (TPSA) is 226 Å². The fourth-order valence-electron chi connectivity index (χ4n) is 8.76. The van der Waals surface area contributed by atoms with Crippen LogP contribution in [0.25, 0.3) is 11.0 Å². The summed E-state index contributed by atoms with van der Waals surface area (Å²) in [7, 11) is 0. The second kappa shape index (κ2) is 27.4. The fraction of sp³-hybridized carbons (Fsp3) is 0.500. The molecule has 7 rings (SSSR count). The van der Waals surface area contributed by atoms with Crippen LogP contribution in [-0.4, -0.2) is 159 Å². The lowest BCUT2D eigenvalue weighted by Crippen LogP contribution is -2.49. The van der Waals surface area contributed by atoms with Gasteiger partial charge in [-0.3, -0.25) is 28.6 Å². The van der Waals surface area contributed by atoms with E-state index in [4.69, 9.17) is 28.7 Å². The van der Waals surface area contributed by atoms with Crippen LogP contribution in [0.2, 0.25) is 0 Å². The SMILES string of the molecule is CC(=O)c1c(C)c2cnc(Nc3ccc(N4CCN(CC(=O)NCCOCCOCCOCCOCCOCCNc5ccc(C(=O)Nc6ccc(C)cn6)c(C)c5)CC4)cn3)nc2n(C2CCCC2)c1=O. The molecule has 4 aromatic heterocycles. The molecule has 1 aromatic carbocycles. The molecule has 0 unspecified atom stereocenters. The van der Waals surface area contributed by atoms with Crippen molar-refractivity contribution in [2.45, 2.75) is 59.4 Å². The maximum atomic E-state index is 13.6. The van der Waals surface area contributed by atoms with Gasteiger partial charge in [-0.05, 0) is 93.6 Å². The van der Waals surface area contributed by atoms with Crippen molar-refractivity contribution in [3.63, 3.8) is 0 Å². The Morgan fingerprint density at radius 1 is 0.708 bits per heavy atom. The highest BCUT2D eigenvalue weighted by atomic mass is 16.6. The summed E-state index contributed by atoms with van der Waals surface area (Å²) in [5.74, 6) is 0.929. The van der Waals surface area contributed by atoms with Gasteiger partial charge in [0.1, 0.15) is 17.3 Å². The van der Waals surface area contributed by atoms with Crippen molar-refractivity contribution in [1.29, 1.82) is 0 Å². The van der Waals surface area contributed by atoms with Crippen LogP contribution in [0.3, 0.4) is 0 Å². The van der Waals surface area contributed by atoms with Crippen LogP contribution in [0, 0.1) is 20.8 Å². The minimum absolute atomic E-state index is 0.000721. The lowest BCUT2D eigenvalue weighted by atomic mass is 10.0. The summed E-state index contributed by atoms with van der Waals surface area (Å²) in [6.07, 6.45) is 9.02. The lowest BCUT2D eigenvalue weighted by Gasteiger charge is -2.35. The molecule has 5 heterocycles. The van der Waals surface area contributed by atoms with Crippen molar-refractivity contribution in [2.75, 3.05) is 133 Å². The van der Waals surface area contributed by atoms with Crippen molar-refractivity contribution in [1.82, 2.24) is 34.7 Å². The summed E-state index contributed by atoms with van der Waals surface area (Å²) in [6.45, 7) is 15.9. The first-order chi connectivity index (χ1) is 35.0. The number of hydrogen-bond acceptors (Lipinski definition) is 17. The molecule has 4 N–H and O–H groups in total. The van der Waals surface area contributed by atoms with Gasteiger partial charge in [-0.25, -0.2) is 15.0 Å². The molecule has 2 amide bonds. The number of carbonyl (C=O) groups excluding carboxylic acids is 3. The second-order valence-electron chi connectivity index (χ2n) is 17.9. The standard InChI is InChI=1S/C52H69N11O9/c1-36-9-13-45(55-32-36)58-50(66)43-12-10-40(31-37(43)2)53-15-21-68-23-25-70-27-29-72-30-28-71-26-24-69-22-16-54-47(65)35-61-17-19-62(20-18-61)42-11-14-46(56-33-42)59-52-57-34-44-38(3)48(39(4)64)51(67)63(49(44)60-52)41-7-5-6-8-41/h9-14,31-34,41,53H,5-8,15-30,35H2,1-4H3,(H,54,65)(H,55,58,66)(H,56,57,59,60). The summed E-state index contributed by atoms with van der Waals surface area (Å²) < 4.78 is 29.7. The molecule has 5 aromatic rings. The average molecular weight is 992 g/mol. The smallest absolute Gasteiger partial charge is 0.263 e. The molecule has 2 fully saturated rings. The molecule has 0 atom stereocenters. The van der Waals surface area contributed by atoms with E-state index in [2.05, 4.69) is 46.0 Å². The Bertz CT molecular complexity index is 2620. The van der Waals surface area contributed by atoms with Crippen LogP contribution in [0.1, 0.15) is 76.1 Å². The van der Waals surface area contributed by atoms with Crippen LogP contribution in [-0.2, 0) is 28.5 Å². The minimum Gasteiger partial charge on any atom is -0.383 e. The molecule has 386 valence electrons. The van der Waals surface area contributed by atoms with Gasteiger partial charge in [-0.2, -0.15) is 4.98 Å². The summed E-state index contributed by atoms with van der Waals surface area (Å²) in [4.78, 5) is 73.8. The maximum Gasteiger partial charge on any atom is 0.263 e. The maximum absolute atomic E-state index is 13.6. The number of piperazine rings is 1. The number of hydrogen-bond donors (Lipinski definition) is 4. The van der Waals surface area contributed by atoms with Gasteiger partial charge in [-0.1, -0.05) is 18.9 Å². The van der Waals surface area contributed by atoms with Gasteiger partial charge in [0.2, 0.25) is 11.9 Å². The molecule has 0 radical (unpaired) electrons. The number of ketones is 1. The Morgan fingerprint density at radius 2 is 1.35 bits per heavy atom. The van der Waals surface area contributed by atoms with Crippen LogP contribution >= 0.6 is 0 Å². The van der Waals surface area contributed by atoms with Crippen molar-refractivity contribution >= 4 is 57.6 Å². The monoisotopic (exact) mass is 992 g/mol. The van der Waals surface area contributed by atoms with Crippen molar-refractivity contribution < 1.29 is 38.1 Å². The van der Waals surface area contributed by atoms with E-state index >= 15 is 0 Å². The number of amides is 2. The molecule has 1 aliphatic heterocycles. The number of Topliss-reactive ketones (excluding diaryl/α,β-unsaturated/α-hetero) is 1. The Labute approximate surface area is 420 Å². The number of ether oxygens (including phenoxy) is 5. The van der Waals surface area contributed by atoms with E-state index in [9.17, 15) is 19.2 Å². The Balaban J connectivity index is 0.659. The molecule has 1 saturated heterocycles. The quantitative estimate of drug-likeness (QED) is 0.0371. The van der Waals surface area contributed by atoms with E-state index in [1.54, 1.807) is 36.0 Å². The van der Waals surface area contributed by atoms with Crippen molar-refractivity contribution in [3.8, 4) is 0 Å². The fourth-order valence-corrected chi connectivity index (χ4v) is 8.76. The number of aromatic nitrogens is 5. The van der Waals surface area contributed by atoms with Crippen molar-refractivity contribution in [2.24, 2.45) is 0 Å². The normalized spacial score (nSPS) is 14.2. The predicted molar refractivity (Wildman–Crippen MR) is 276 cm³/mol. The highest BCUT2D eigenvalue weighted by molar-refractivity contribution is 6.05. The number of aryl methyl sites for hydroxylation is 3. The van der Waals surface area contributed by atoms with E-state index in [1.165, 1.54) is 6.92 Å². The average Bonchev–Trinajstić information content (AvgIpc) is 3.90. The van der Waals surface area contributed by atoms with Gasteiger partial charge in [-0.15, -0.1) is 0 Å². The first kappa shape index (κ1) is 53.4. The Kier molecular flexibility index (Phi) is 20.3. The summed E-state index contributed by atoms with van der Waals surface area (Å²) in [5, 5.41) is 13.0. The van der Waals surface area contributed by atoms with Crippen molar-refractivity contribution in [3.05, 3.63) is 99.2 Å². The number of benzene rings is 1. The molecule has 2 aliphatic rings. The third-order valence-corrected chi connectivity index (χ3v) is 12.6. The summed E-state index contributed by atoms with van der Waals surface area (Å²) in [5.41, 5.74) is 5.43. The number of rotatable bonds is 28. The van der Waals surface area contributed by atoms with Gasteiger partial charge in [0.15, 0.2) is 5.78 Å². The zero-order chi connectivity index (χ0) is 50.7. The van der Waals surface area contributed by atoms with E-state index < -0.39 is 0 Å². The second-order valence-corrected chi connectivity index (χ2v) is 17.9.